The van der Waals surface area contributed by atoms with Gasteiger partial charge in [-0.25, -0.2) is 4.68 Å². The van der Waals surface area contributed by atoms with Gasteiger partial charge in [0.25, 0.3) is 0 Å². The van der Waals surface area contributed by atoms with Crippen LogP contribution in [0.5, 0.6) is 0 Å². The molecule has 0 spiro atoms. The van der Waals surface area contributed by atoms with Gasteiger partial charge in [0.05, 0.1) is 5.92 Å². The van der Waals surface area contributed by atoms with Gasteiger partial charge in [0.1, 0.15) is 0 Å². The minimum absolute atomic E-state index is 0.0372. The van der Waals surface area contributed by atoms with Gasteiger partial charge in [-0.1, -0.05) is 32.5 Å². The lowest BCUT2D eigenvalue weighted by Gasteiger charge is -2.39. The first-order valence-electron chi connectivity index (χ1n) is 6.91. The number of carboxylic acids is 1. The summed E-state index contributed by atoms with van der Waals surface area (Å²) in [6, 6.07) is 0. The molecule has 0 radical (unpaired) electrons. The van der Waals surface area contributed by atoms with Crippen LogP contribution in [0.25, 0.3) is 0 Å². The molecule has 1 aliphatic rings. The summed E-state index contributed by atoms with van der Waals surface area (Å²) in [5, 5.41) is 21.5. The average molecular weight is 298 g/mol. The first kappa shape index (κ1) is 15.3. The molecule has 1 N–H and O–H groups in total. The fraction of sp³-hybridized carbons (Fsp3) is 0.846. The fourth-order valence-corrected chi connectivity index (χ4v) is 4.07. The van der Waals surface area contributed by atoms with E-state index in [9.17, 15) is 9.90 Å². The zero-order chi connectivity index (χ0) is 14.9. The van der Waals surface area contributed by atoms with E-state index in [4.69, 9.17) is 0 Å². The summed E-state index contributed by atoms with van der Waals surface area (Å²) in [7, 11) is 1.78. The summed E-state index contributed by atoms with van der Waals surface area (Å²) >= 11 is 1.50. The summed E-state index contributed by atoms with van der Waals surface area (Å²) in [5.41, 5.74) is 0.209. The molecule has 0 amide bonds. The largest absolute Gasteiger partial charge is 0.481 e. The number of aryl methyl sites for hydroxylation is 1. The van der Waals surface area contributed by atoms with Crippen molar-refractivity contribution in [3.8, 4) is 0 Å². The number of hydrogen-bond donors (Lipinski definition) is 1. The second-order valence-electron chi connectivity index (χ2n) is 6.56. The summed E-state index contributed by atoms with van der Waals surface area (Å²) in [6.07, 6.45) is 2.62. The molecule has 0 bridgehead atoms. The zero-order valence-electron chi connectivity index (χ0n) is 12.4. The van der Waals surface area contributed by atoms with Gasteiger partial charge in [0.15, 0.2) is 0 Å². The number of thioether (sulfide) groups is 1. The maximum Gasteiger partial charge on any atom is 0.307 e. The molecular formula is C13H22N4O2S. The van der Waals surface area contributed by atoms with Gasteiger partial charge in [-0.05, 0) is 41.0 Å². The van der Waals surface area contributed by atoms with Gasteiger partial charge in [0.2, 0.25) is 5.16 Å². The Labute approximate surface area is 123 Å². The molecule has 3 unspecified atom stereocenters. The number of carboxylic acid groups (broad SMARTS) is 1. The quantitative estimate of drug-likeness (QED) is 0.921. The third-order valence-corrected chi connectivity index (χ3v) is 5.55. The van der Waals surface area contributed by atoms with Crippen molar-refractivity contribution in [2.45, 2.75) is 50.4 Å². The summed E-state index contributed by atoms with van der Waals surface area (Å²) in [6.45, 7) is 6.68. The van der Waals surface area contributed by atoms with Gasteiger partial charge < -0.3 is 5.11 Å². The Bertz CT molecular complexity index is 483. The van der Waals surface area contributed by atoms with E-state index in [1.165, 1.54) is 11.8 Å². The highest BCUT2D eigenvalue weighted by Gasteiger charge is 2.40. The molecule has 0 saturated heterocycles. The molecule has 0 aromatic carbocycles. The minimum atomic E-state index is -0.704. The Hall–Kier alpha value is -1.11. The van der Waals surface area contributed by atoms with Crippen molar-refractivity contribution in [1.82, 2.24) is 20.2 Å². The lowest BCUT2D eigenvalue weighted by Crippen LogP contribution is -2.37. The second-order valence-corrected chi connectivity index (χ2v) is 7.77. The van der Waals surface area contributed by atoms with Crippen molar-refractivity contribution in [3.05, 3.63) is 0 Å². The Morgan fingerprint density at radius 1 is 1.40 bits per heavy atom. The van der Waals surface area contributed by atoms with E-state index in [0.29, 0.717) is 11.1 Å². The van der Waals surface area contributed by atoms with Crippen molar-refractivity contribution in [1.29, 1.82) is 0 Å². The van der Waals surface area contributed by atoms with E-state index in [1.54, 1.807) is 11.7 Å². The van der Waals surface area contributed by atoms with Crippen molar-refractivity contribution in [3.63, 3.8) is 0 Å². The number of aliphatic carboxylic acids is 1. The molecule has 1 aromatic heterocycles. The van der Waals surface area contributed by atoms with E-state index in [1.807, 2.05) is 0 Å². The average Bonchev–Trinajstić information content (AvgIpc) is 2.73. The van der Waals surface area contributed by atoms with Gasteiger partial charge in [-0.15, -0.1) is 5.10 Å². The SMILES string of the molecule is Cn1nnnc1SC1CC(C(C)(C)C)CCC1C(=O)O. The monoisotopic (exact) mass is 298 g/mol. The van der Waals surface area contributed by atoms with Crippen LogP contribution in [0.15, 0.2) is 5.16 Å². The second kappa shape index (κ2) is 5.71. The number of hydrogen-bond acceptors (Lipinski definition) is 5. The molecule has 3 atom stereocenters. The fourth-order valence-electron chi connectivity index (χ4n) is 2.78. The van der Waals surface area contributed by atoms with Crippen LogP contribution in [0, 0.1) is 17.3 Å². The summed E-state index contributed by atoms with van der Waals surface area (Å²) in [5.74, 6) is -0.475. The number of carbonyl (C=O) groups is 1. The van der Waals surface area contributed by atoms with Crippen LogP contribution in [0.1, 0.15) is 40.0 Å². The standard InChI is InChI=1S/C13H22N4O2S/c1-13(2,3)8-5-6-9(11(18)19)10(7-8)20-12-14-15-16-17(12)4/h8-10H,5-7H2,1-4H3,(H,18,19). The highest BCUT2D eigenvalue weighted by atomic mass is 32.2. The van der Waals surface area contributed by atoms with Crippen LogP contribution < -0.4 is 0 Å². The van der Waals surface area contributed by atoms with Crippen molar-refractivity contribution < 1.29 is 9.90 Å². The molecule has 6 nitrogen and oxygen atoms in total. The highest BCUT2D eigenvalue weighted by Crippen LogP contribution is 2.45. The zero-order valence-corrected chi connectivity index (χ0v) is 13.2. The predicted molar refractivity (Wildman–Crippen MR) is 76.4 cm³/mol. The highest BCUT2D eigenvalue weighted by molar-refractivity contribution is 7.99. The molecular weight excluding hydrogens is 276 g/mol. The Kier molecular flexibility index (Phi) is 4.36. The number of aromatic nitrogens is 4. The van der Waals surface area contributed by atoms with Crippen molar-refractivity contribution in [2.75, 3.05) is 0 Å². The van der Waals surface area contributed by atoms with Gasteiger partial charge in [0, 0.05) is 12.3 Å². The molecule has 1 fully saturated rings. The smallest absolute Gasteiger partial charge is 0.307 e. The van der Waals surface area contributed by atoms with Crippen molar-refractivity contribution >= 4 is 17.7 Å². The number of nitrogens with zero attached hydrogens (tertiary/aromatic N) is 4. The van der Waals surface area contributed by atoms with Crippen LogP contribution in [0.3, 0.4) is 0 Å². The molecule has 0 aliphatic heterocycles. The molecule has 1 aliphatic carbocycles. The predicted octanol–water partition coefficient (Wildman–Crippen LogP) is 2.22. The molecule has 1 saturated carbocycles. The number of rotatable bonds is 3. The van der Waals surface area contributed by atoms with Crippen molar-refractivity contribution in [2.24, 2.45) is 24.3 Å². The Morgan fingerprint density at radius 2 is 2.10 bits per heavy atom. The summed E-state index contributed by atoms with van der Waals surface area (Å²) < 4.78 is 1.60. The minimum Gasteiger partial charge on any atom is -0.481 e. The molecule has 1 aromatic rings. The number of tetrazole rings is 1. The van der Waals surface area contributed by atoms with Crippen LogP contribution in [-0.4, -0.2) is 36.5 Å². The third kappa shape index (κ3) is 3.31. The van der Waals surface area contributed by atoms with Crippen LogP contribution in [0.4, 0.5) is 0 Å². The lowest BCUT2D eigenvalue weighted by molar-refractivity contribution is -0.143. The van der Waals surface area contributed by atoms with Crippen LogP contribution in [-0.2, 0) is 11.8 Å². The first-order valence-corrected chi connectivity index (χ1v) is 7.79. The first-order chi connectivity index (χ1) is 9.29. The topological polar surface area (TPSA) is 80.9 Å². The third-order valence-electron chi connectivity index (χ3n) is 4.17. The maximum atomic E-state index is 11.5. The van der Waals surface area contributed by atoms with Gasteiger partial charge in [-0.2, -0.15) is 0 Å². The Morgan fingerprint density at radius 3 is 2.60 bits per heavy atom. The van der Waals surface area contributed by atoms with E-state index in [0.717, 1.165) is 19.3 Å². The maximum absolute atomic E-state index is 11.5. The van der Waals surface area contributed by atoms with Crippen LogP contribution in [0.2, 0.25) is 0 Å². The van der Waals surface area contributed by atoms with E-state index in [-0.39, 0.29) is 16.6 Å². The normalized spacial score (nSPS) is 27.5. The summed E-state index contributed by atoms with van der Waals surface area (Å²) in [4.78, 5) is 11.5. The van der Waals surface area contributed by atoms with E-state index < -0.39 is 5.97 Å². The van der Waals surface area contributed by atoms with Crippen LogP contribution >= 0.6 is 11.8 Å². The van der Waals surface area contributed by atoms with Gasteiger partial charge in [-0.3, -0.25) is 4.79 Å². The Balaban J connectivity index is 2.15. The molecule has 7 heteroatoms. The van der Waals surface area contributed by atoms with E-state index >= 15 is 0 Å². The molecule has 2 rings (SSSR count). The van der Waals surface area contributed by atoms with E-state index in [2.05, 4.69) is 36.3 Å². The molecule has 1 heterocycles. The van der Waals surface area contributed by atoms with Gasteiger partial charge >= 0.3 is 5.97 Å². The molecule has 20 heavy (non-hydrogen) atoms. The lowest BCUT2D eigenvalue weighted by atomic mass is 9.69. The molecule has 112 valence electrons.